The number of rotatable bonds is 40. The van der Waals surface area contributed by atoms with Crippen LogP contribution in [0.3, 0.4) is 0 Å². The summed E-state index contributed by atoms with van der Waals surface area (Å²) in [6.07, 6.45) is 58.3. The number of hydrogen-bond donors (Lipinski definition) is 2. The summed E-state index contributed by atoms with van der Waals surface area (Å²) in [5, 5.41) is 0. The van der Waals surface area contributed by atoms with Crippen LogP contribution in [-0.2, 0) is 32.7 Å². The molecule has 0 rings (SSSR count). The van der Waals surface area contributed by atoms with E-state index in [9.17, 15) is 19.0 Å². The number of unbranched alkanes of at least 4 members (excludes halogenated alkanes) is 9. The molecule has 0 aromatic carbocycles. The maximum atomic E-state index is 12.6. The Balaban J connectivity index is 4.30. The molecule has 0 bridgehead atoms. The van der Waals surface area contributed by atoms with Gasteiger partial charge in [-0.3, -0.25) is 18.6 Å². The number of esters is 2. The number of phosphoric acid groups is 1. The fourth-order valence-electron chi connectivity index (χ4n) is 5.35. The van der Waals surface area contributed by atoms with Crippen LogP contribution in [0.1, 0.15) is 155 Å². The summed E-state index contributed by atoms with van der Waals surface area (Å²) in [5.41, 5.74) is 5.35. The molecule has 9 nitrogen and oxygen atoms in total. The molecule has 0 heterocycles. The van der Waals surface area contributed by atoms with E-state index in [1.165, 1.54) is 25.7 Å². The molecule has 0 amide bonds. The zero-order chi connectivity index (χ0) is 43.2. The van der Waals surface area contributed by atoms with Gasteiger partial charge in [0.15, 0.2) is 6.10 Å². The van der Waals surface area contributed by atoms with E-state index in [-0.39, 0.29) is 32.6 Å². The summed E-state index contributed by atoms with van der Waals surface area (Å²) in [7, 11) is -4.40. The first-order chi connectivity index (χ1) is 28.8. The second-order valence-corrected chi connectivity index (χ2v) is 15.6. The lowest BCUT2D eigenvalue weighted by Gasteiger charge is -2.19. The van der Waals surface area contributed by atoms with Crippen LogP contribution in [0.5, 0.6) is 0 Å². The molecule has 0 saturated carbocycles. The molecule has 0 aliphatic rings. The summed E-state index contributed by atoms with van der Waals surface area (Å²) in [6.45, 7) is 3.49. The van der Waals surface area contributed by atoms with Gasteiger partial charge in [0.2, 0.25) is 0 Å². The average molecular weight is 842 g/mol. The highest BCUT2D eigenvalue weighted by molar-refractivity contribution is 7.47. The highest BCUT2D eigenvalue weighted by Gasteiger charge is 2.25. The fourth-order valence-corrected chi connectivity index (χ4v) is 6.11. The molecule has 0 aliphatic carbocycles. The maximum absolute atomic E-state index is 12.6. The number of allylic oxidation sites excluding steroid dienone is 18. The molecule has 0 fully saturated rings. The molecule has 0 aromatic heterocycles. The van der Waals surface area contributed by atoms with E-state index in [0.717, 1.165) is 89.9 Å². The van der Waals surface area contributed by atoms with Crippen LogP contribution in [0.4, 0.5) is 0 Å². The Morgan fingerprint density at radius 1 is 0.525 bits per heavy atom. The molecule has 0 saturated heterocycles. The normalized spacial score (nSPS) is 14.3. The average Bonchev–Trinajstić information content (AvgIpc) is 3.22. The number of carbonyl (C=O) groups excluding carboxylic acids is 2. The second-order valence-electron chi connectivity index (χ2n) is 14.2. The van der Waals surface area contributed by atoms with E-state index < -0.39 is 32.5 Å². The van der Waals surface area contributed by atoms with Gasteiger partial charge in [-0.15, -0.1) is 0 Å². The van der Waals surface area contributed by atoms with Crippen molar-refractivity contribution in [2.45, 2.75) is 161 Å². The molecule has 334 valence electrons. The summed E-state index contributed by atoms with van der Waals surface area (Å²) >= 11 is 0. The van der Waals surface area contributed by atoms with Gasteiger partial charge in [-0.2, -0.15) is 0 Å². The largest absolute Gasteiger partial charge is 0.472 e. The van der Waals surface area contributed by atoms with Gasteiger partial charge in [0.25, 0.3) is 0 Å². The first-order valence-electron chi connectivity index (χ1n) is 22.4. The van der Waals surface area contributed by atoms with Gasteiger partial charge in [-0.25, -0.2) is 4.57 Å². The zero-order valence-corrected chi connectivity index (χ0v) is 37.6. The number of ether oxygens (including phenoxy) is 2. The van der Waals surface area contributed by atoms with Crippen molar-refractivity contribution in [1.29, 1.82) is 0 Å². The second kappa shape index (κ2) is 44.2. The smallest absolute Gasteiger partial charge is 0.462 e. The summed E-state index contributed by atoms with van der Waals surface area (Å²) in [5.74, 6) is -0.914. The van der Waals surface area contributed by atoms with Crippen molar-refractivity contribution >= 4 is 19.8 Å². The number of hydrogen-bond acceptors (Lipinski definition) is 8. The number of carbonyl (C=O) groups is 2. The third kappa shape index (κ3) is 44.1. The molecule has 2 atom stereocenters. The van der Waals surface area contributed by atoms with Gasteiger partial charge in [0.1, 0.15) is 6.61 Å². The minimum Gasteiger partial charge on any atom is -0.462 e. The van der Waals surface area contributed by atoms with E-state index in [2.05, 4.69) is 123 Å². The van der Waals surface area contributed by atoms with Crippen LogP contribution in [0.15, 0.2) is 109 Å². The van der Waals surface area contributed by atoms with Crippen molar-refractivity contribution in [3.8, 4) is 0 Å². The molecular formula is C49H80NO8P. The molecule has 0 radical (unpaired) electrons. The third-order valence-electron chi connectivity index (χ3n) is 8.64. The summed E-state index contributed by atoms with van der Waals surface area (Å²) < 4.78 is 32.7. The van der Waals surface area contributed by atoms with E-state index >= 15 is 0 Å². The topological polar surface area (TPSA) is 134 Å². The Bertz CT molecular complexity index is 1330. The molecule has 59 heavy (non-hydrogen) atoms. The Hall–Kier alpha value is -3.33. The third-order valence-corrected chi connectivity index (χ3v) is 9.63. The molecule has 3 N–H and O–H groups in total. The molecule has 0 spiro atoms. The maximum Gasteiger partial charge on any atom is 0.472 e. The van der Waals surface area contributed by atoms with E-state index in [4.69, 9.17) is 24.3 Å². The predicted molar refractivity (Wildman–Crippen MR) is 247 cm³/mol. The first-order valence-corrected chi connectivity index (χ1v) is 23.9. The molecular weight excluding hydrogens is 762 g/mol. The molecule has 0 aliphatic heterocycles. The number of phosphoric ester groups is 1. The lowest BCUT2D eigenvalue weighted by Crippen LogP contribution is -2.29. The Kier molecular flexibility index (Phi) is 41.7. The van der Waals surface area contributed by atoms with Gasteiger partial charge in [0, 0.05) is 19.4 Å². The van der Waals surface area contributed by atoms with Gasteiger partial charge >= 0.3 is 19.8 Å². The van der Waals surface area contributed by atoms with Crippen LogP contribution < -0.4 is 5.73 Å². The Morgan fingerprint density at radius 3 is 1.36 bits per heavy atom. The quantitative estimate of drug-likeness (QED) is 0.0267. The predicted octanol–water partition coefficient (Wildman–Crippen LogP) is 13.2. The van der Waals surface area contributed by atoms with Crippen molar-refractivity contribution in [2.75, 3.05) is 26.4 Å². The summed E-state index contributed by atoms with van der Waals surface area (Å²) in [6, 6.07) is 0. The van der Waals surface area contributed by atoms with Gasteiger partial charge < -0.3 is 20.1 Å². The van der Waals surface area contributed by atoms with Crippen LogP contribution >= 0.6 is 7.82 Å². The van der Waals surface area contributed by atoms with Crippen molar-refractivity contribution < 1.29 is 37.6 Å². The van der Waals surface area contributed by atoms with E-state index in [1.807, 2.05) is 0 Å². The van der Waals surface area contributed by atoms with Crippen LogP contribution in [0, 0.1) is 0 Å². The minimum absolute atomic E-state index is 0.0363. The minimum atomic E-state index is -4.40. The van der Waals surface area contributed by atoms with Gasteiger partial charge in [0.05, 0.1) is 13.2 Å². The lowest BCUT2D eigenvalue weighted by molar-refractivity contribution is -0.161. The molecule has 10 heteroatoms. The van der Waals surface area contributed by atoms with Crippen molar-refractivity contribution in [2.24, 2.45) is 5.73 Å². The number of nitrogens with two attached hydrogens (primary N) is 1. The van der Waals surface area contributed by atoms with Crippen molar-refractivity contribution in [3.63, 3.8) is 0 Å². The Morgan fingerprint density at radius 2 is 0.932 bits per heavy atom. The Labute approximate surface area is 359 Å². The first kappa shape index (κ1) is 55.7. The standard InChI is InChI=1S/C49H80NO8P/c1-3-5-7-9-11-13-15-17-19-21-23-25-27-29-31-33-35-37-39-41-48(51)55-45-47(46-57-59(53,54)56-44-43-50)58-49(52)42-40-38-36-34-32-30-28-26-24-22-20-18-16-14-12-10-8-6-4-2/h6,8,11-14,17-20,23-26,29-32,47H,3-5,7,9-10,15-16,21-22,27-28,33-46,50H2,1-2H3,(H,53,54). The SMILES string of the molecule is CCC=CCC=CCC=CCC=CCC=CCCCCCC(=O)OC(COC(=O)CCCCCC=CCC=CCC=CCC=CCCCCC)COP(=O)(O)OCCN. The molecule has 2 unspecified atom stereocenters. The highest BCUT2D eigenvalue weighted by atomic mass is 31.2. The van der Waals surface area contributed by atoms with E-state index in [0.29, 0.717) is 12.8 Å². The zero-order valence-electron chi connectivity index (χ0n) is 36.7. The van der Waals surface area contributed by atoms with Crippen molar-refractivity contribution in [1.82, 2.24) is 0 Å². The lowest BCUT2D eigenvalue weighted by atomic mass is 10.1. The van der Waals surface area contributed by atoms with Gasteiger partial charge in [-0.05, 0) is 103 Å². The van der Waals surface area contributed by atoms with Crippen LogP contribution in [-0.4, -0.2) is 49.3 Å². The van der Waals surface area contributed by atoms with Crippen LogP contribution in [0.2, 0.25) is 0 Å². The molecule has 0 aromatic rings. The fraction of sp³-hybridized carbons (Fsp3) is 0.592. The van der Waals surface area contributed by atoms with Crippen molar-refractivity contribution in [3.05, 3.63) is 109 Å². The summed E-state index contributed by atoms with van der Waals surface area (Å²) in [4.78, 5) is 34.9. The van der Waals surface area contributed by atoms with E-state index in [1.54, 1.807) is 0 Å². The van der Waals surface area contributed by atoms with Gasteiger partial charge in [-0.1, -0.05) is 149 Å². The highest BCUT2D eigenvalue weighted by Crippen LogP contribution is 2.43. The monoisotopic (exact) mass is 842 g/mol. The van der Waals surface area contributed by atoms with Crippen LogP contribution in [0.25, 0.3) is 0 Å².